The van der Waals surface area contributed by atoms with Crippen LogP contribution in [0.3, 0.4) is 0 Å². The Morgan fingerprint density at radius 1 is 1.20 bits per heavy atom. The molecule has 0 amide bonds. The minimum absolute atomic E-state index is 0.235. The number of halogens is 1. The molecule has 0 heterocycles. The molecule has 1 unspecified atom stereocenters. The van der Waals surface area contributed by atoms with Gasteiger partial charge < -0.3 is 24.6 Å². The first-order valence-electron chi connectivity index (χ1n) is 6.56. The molecule has 6 heteroatoms. The molecule has 1 rings (SSSR count). The maximum Gasteiger partial charge on any atom is 0.119 e. The lowest BCUT2D eigenvalue weighted by atomic mass is 10.3. The molecule has 0 aliphatic carbocycles. The van der Waals surface area contributed by atoms with Crippen LogP contribution in [-0.2, 0) is 9.47 Å². The first kappa shape index (κ1) is 17.2. The van der Waals surface area contributed by atoms with Crippen LogP contribution in [0.2, 0.25) is 5.02 Å². The van der Waals surface area contributed by atoms with Gasteiger partial charge in [0.05, 0.1) is 19.8 Å². The number of ether oxygens (including phenoxy) is 3. The number of nitrogens with one attached hydrogen (secondary N) is 1. The average molecular weight is 304 g/mol. The van der Waals surface area contributed by atoms with Crippen LogP contribution < -0.4 is 10.1 Å². The van der Waals surface area contributed by atoms with Crippen LogP contribution in [0.15, 0.2) is 24.3 Å². The maximum absolute atomic E-state index is 9.73. The highest BCUT2D eigenvalue weighted by atomic mass is 35.5. The molecule has 0 aliphatic rings. The molecule has 5 nitrogen and oxygen atoms in total. The van der Waals surface area contributed by atoms with Gasteiger partial charge in [-0.25, -0.2) is 0 Å². The molecule has 0 radical (unpaired) electrons. The van der Waals surface area contributed by atoms with E-state index in [1.807, 2.05) is 0 Å². The lowest BCUT2D eigenvalue weighted by molar-refractivity contribution is 0.0679. The van der Waals surface area contributed by atoms with E-state index in [9.17, 15) is 5.11 Å². The fraction of sp³-hybridized carbons (Fsp3) is 0.571. The Morgan fingerprint density at radius 3 is 2.65 bits per heavy atom. The molecular formula is C14H22ClNO4. The van der Waals surface area contributed by atoms with Crippen LogP contribution in [0, 0.1) is 0 Å². The van der Waals surface area contributed by atoms with Gasteiger partial charge in [-0.2, -0.15) is 0 Å². The highest BCUT2D eigenvalue weighted by Gasteiger charge is 2.04. The zero-order valence-electron chi connectivity index (χ0n) is 11.7. The molecule has 0 saturated carbocycles. The van der Waals surface area contributed by atoms with Crippen molar-refractivity contribution in [3.05, 3.63) is 29.3 Å². The topological polar surface area (TPSA) is 60.0 Å². The van der Waals surface area contributed by atoms with Gasteiger partial charge in [0.1, 0.15) is 18.5 Å². The van der Waals surface area contributed by atoms with E-state index >= 15 is 0 Å². The predicted octanol–water partition coefficient (Wildman–Crippen LogP) is 1.33. The summed E-state index contributed by atoms with van der Waals surface area (Å²) in [4.78, 5) is 0. The Kier molecular flexibility index (Phi) is 9.36. The van der Waals surface area contributed by atoms with Gasteiger partial charge >= 0.3 is 0 Å². The molecule has 1 atom stereocenters. The van der Waals surface area contributed by atoms with Crippen molar-refractivity contribution in [1.82, 2.24) is 5.32 Å². The van der Waals surface area contributed by atoms with Gasteiger partial charge in [0.2, 0.25) is 0 Å². The van der Waals surface area contributed by atoms with E-state index in [1.165, 1.54) is 0 Å². The first-order valence-corrected chi connectivity index (χ1v) is 6.94. The van der Waals surface area contributed by atoms with Gasteiger partial charge in [-0.3, -0.25) is 0 Å². The van der Waals surface area contributed by atoms with Gasteiger partial charge in [-0.15, -0.1) is 0 Å². The number of benzene rings is 1. The minimum Gasteiger partial charge on any atom is -0.491 e. The fourth-order valence-electron chi connectivity index (χ4n) is 1.44. The van der Waals surface area contributed by atoms with Crippen molar-refractivity contribution in [2.24, 2.45) is 0 Å². The zero-order chi connectivity index (χ0) is 14.6. The van der Waals surface area contributed by atoms with Gasteiger partial charge in [0.15, 0.2) is 0 Å². The van der Waals surface area contributed by atoms with Crippen LogP contribution >= 0.6 is 11.6 Å². The third-order valence-corrected chi connectivity index (χ3v) is 2.74. The molecule has 1 aromatic carbocycles. The normalized spacial score (nSPS) is 12.3. The minimum atomic E-state index is -0.565. The summed E-state index contributed by atoms with van der Waals surface area (Å²) < 4.78 is 15.6. The Labute approximate surface area is 124 Å². The van der Waals surface area contributed by atoms with Gasteiger partial charge in [-0.1, -0.05) is 11.6 Å². The standard InChI is InChI=1S/C14H22ClNO4/c1-18-8-9-19-7-6-16-10-13(17)11-20-14-4-2-12(15)3-5-14/h2-5,13,16-17H,6-11H2,1H3. The van der Waals surface area contributed by atoms with Crippen molar-refractivity contribution >= 4 is 11.6 Å². The third kappa shape index (κ3) is 8.35. The quantitative estimate of drug-likeness (QED) is 0.604. The summed E-state index contributed by atoms with van der Waals surface area (Å²) >= 11 is 5.77. The summed E-state index contributed by atoms with van der Waals surface area (Å²) in [5.74, 6) is 0.691. The molecule has 0 aromatic heterocycles. The van der Waals surface area contributed by atoms with Gasteiger partial charge in [0, 0.05) is 25.2 Å². The molecule has 1 aromatic rings. The Bertz CT molecular complexity index is 348. The van der Waals surface area contributed by atoms with Crippen LogP contribution in [0.1, 0.15) is 0 Å². The third-order valence-electron chi connectivity index (χ3n) is 2.49. The molecule has 0 spiro atoms. The van der Waals surface area contributed by atoms with E-state index in [4.69, 9.17) is 25.8 Å². The molecule has 0 aliphatic heterocycles. The molecule has 0 bridgehead atoms. The Morgan fingerprint density at radius 2 is 1.95 bits per heavy atom. The largest absolute Gasteiger partial charge is 0.491 e. The smallest absolute Gasteiger partial charge is 0.119 e. The summed E-state index contributed by atoms with van der Waals surface area (Å²) in [5, 5.41) is 13.5. The lowest BCUT2D eigenvalue weighted by Crippen LogP contribution is -2.33. The molecule has 0 saturated heterocycles. The van der Waals surface area contributed by atoms with Crippen molar-refractivity contribution in [1.29, 1.82) is 0 Å². The summed E-state index contributed by atoms with van der Waals surface area (Å²) in [5.41, 5.74) is 0. The first-order chi connectivity index (χ1) is 9.72. The molecule has 0 fully saturated rings. The number of hydrogen-bond donors (Lipinski definition) is 2. The lowest BCUT2D eigenvalue weighted by Gasteiger charge is -2.13. The second-order valence-corrected chi connectivity index (χ2v) is 4.66. The fourth-order valence-corrected chi connectivity index (χ4v) is 1.57. The van der Waals surface area contributed by atoms with Crippen molar-refractivity contribution in [3.63, 3.8) is 0 Å². The summed E-state index contributed by atoms with van der Waals surface area (Å²) in [7, 11) is 1.64. The average Bonchev–Trinajstić information content (AvgIpc) is 2.46. The van der Waals surface area contributed by atoms with E-state index in [-0.39, 0.29) is 6.61 Å². The van der Waals surface area contributed by atoms with Crippen LogP contribution in [0.4, 0.5) is 0 Å². The highest BCUT2D eigenvalue weighted by Crippen LogP contribution is 2.15. The van der Waals surface area contributed by atoms with E-state index in [2.05, 4.69) is 5.32 Å². The molecule has 114 valence electrons. The summed E-state index contributed by atoms with van der Waals surface area (Å²) in [6, 6.07) is 7.04. The highest BCUT2D eigenvalue weighted by molar-refractivity contribution is 6.30. The maximum atomic E-state index is 9.73. The SMILES string of the molecule is COCCOCCNCC(O)COc1ccc(Cl)cc1. The molecule has 20 heavy (non-hydrogen) atoms. The zero-order valence-corrected chi connectivity index (χ0v) is 12.4. The van der Waals surface area contributed by atoms with Crippen molar-refractivity contribution < 1.29 is 19.3 Å². The van der Waals surface area contributed by atoms with Gasteiger partial charge in [-0.05, 0) is 24.3 Å². The monoisotopic (exact) mass is 303 g/mol. The van der Waals surface area contributed by atoms with Gasteiger partial charge in [0.25, 0.3) is 0 Å². The van der Waals surface area contributed by atoms with Crippen molar-refractivity contribution in [2.75, 3.05) is 46.6 Å². The van der Waals surface area contributed by atoms with Crippen LogP contribution in [0.25, 0.3) is 0 Å². The summed E-state index contributed by atoms with van der Waals surface area (Å²) in [6.07, 6.45) is -0.565. The van der Waals surface area contributed by atoms with E-state index < -0.39 is 6.10 Å². The predicted molar refractivity (Wildman–Crippen MR) is 78.5 cm³/mol. The second kappa shape index (κ2) is 10.9. The van der Waals surface area contributed by atoms with Crippen LogP contribution in [0.5, 0.6) is 5.75 Å². The number of aliphatic hydroxyl groups is 1. The van der Waals surface area contributed by atoms with E-state index in [0.29, 0.717) is 43.7 Å². The number of methoxy groups -OCH3 is 1. The summed E-state index contributed by atoms with van der Waals surface area (Å²) in [6.45, 7) is 3.15. The van der Waals surface area contributed by atoms with E-state index in [1.54, 1.807) is 31.4 Å². The van der Waals surface area contributed by atoms with E-state index in [0.717, 1.165) is 0 Å². The van der Waals surface area contributed by atoms with Crippen molar-refractivity contribution in [2.45, 2.75) is 6.10 Å². The Balaban J connectivity index is 2.00. The molecular weight excluding hydrogens is 282 g/mol. The number of rotatable bonds is 11. The van der Waals surface area contributed by atoms with Crippen molar-refractivity contribution in [3.8, 4) is 5.75 Å². The van der Waals surface area contributed by atoms with Crippen LogP contribution in [-0.4, -0.2) is 57.8 Å². The number of hydrogen-bond acceptors (Lipinski definition) is 5. The Hall–Kier alpha value is -0.850. The second-order valence-electron chi connectivity index (χ2n) is 4.23. The number of aliphatic hydroxyl groups excluding tert-OH is 1. The molecule has 2 N–H and O–H groups in total.